The van der Waals surface area contributed by atoms with Crippen molar-refractivity contribution in [2.24, 2.45) is 5.92 Å². The maximum absolute atomic E-state index is 4.80. The largest absolute Gasteiger partial charge is 0.353 e. The van der Waals surface area contributed by atoms with Crippen LogP contribution in [0.25, 0.3) is 0 Å². The Morgan fingerprint density at radius 2 is 2.00 bits per heavy atom. The van der Waals surface area contributed by atoms with Crippen molar-refractivity contribution in [1.29, 1.82) is 0 Å². The van der Waals surface area contributed by atoms with Crippen molar-refractivity contribution in [1.82, 2.24) is 9.97 Å². The molecule has 0 aliphatic heterocycles. The molecule has 0 atom stereocenters. The number of anilines is 1. The lowest BCUT2D eigenvalue weighted by atomic mass is 10.2. The molecule has 3 rings (SSSR count). The Kier molecular flexibility index (Phi) is 3.31. The summed E-state index contributed by atoms with van der Waals surface area (Å²) in [5.74, 6) is 3.44. The Morgan fingerprint density at radius 1 is 1.28 bits per heavy atom. The fraction of sp³-hybridized carbons (Fsp3) is 0.714. The van der Waals surface area contributed by atoms with Crippen molar-refractivity contribution < 1.29 is 0 Å². The molecule has 4 heteroatoms. The van der Waals surface area contributed by atoms with E-state index in [1.54, 1.807) is 0 Å². The van der Waals surface area contributed by atoms with Crippen LogP contribution in [0.1, 0.15) is 51.3 Å². The van der Waals surface area contributed by atoms with E-state index >= 15 is 0 Å². The molecule has 0 bridgehead atoms. The van der Waals surface area contributed by atoms with Gasteiger partial charge in [0.15, 0.2) is 0 Å². The van der Waals surface area contributed by atoms with Gasteiger partial charge in [-0.25, -0.2) is 9.97 Å². The Labute approximate surface area is 117 Å². The molecule has 0 spiro atoms. The molecular weight excluding hydrogens is 290 g/mol. The minimum Gasteiger partial charge on any atom is -0.353 e. The van der Waals surface area contributed by atoms with E-state index in [1.807, 2.05) is 0 Å². The van der Waals surface area contributed by atoms with Gasteiger partial charge in [0.05, 0.1) is 0 Å². The maximum atomic E-state index is 4.80. The van der Waals surface area contributed by atoms with Gasteiger partial charge in [0.2, 0.25) is 0 Å². The van der Waals surface area contributed by atoms with Crippen molar-refractivity contribution in [3.05, 3.63) is 16.5 Å². The van der Waals surface area contributed by atoms with Gasteiger partial charge >= 0.3 is 0 Å². The minimum atomic E-state index is 0.612. The molecule has 1 heterocycles. The van der Waals surface area contributed by atoms with Crippen LogP contribution in [0.4, 0.5) is 5.82 Å². The van der Waals surface area contributed by atoms with Gasteiger partial charge in [-0.15, -0.1) is 0 Å². The highest BCUT2D eigenvalue weighted by molar-refractivity contribution is 9.10. The topological polar surface area (TPSA) is 29.0 Å². The zero-order valence-electron chi connectivity index (χ0n) is 11.1. The number of aromatic nitrogens is 2. The van der Waals surface area contributed by atoms with Crippen LogP contribution in [-0.4, -0.2) is 22.6 Å². The first kappa shape index (κ1) is 12.4. The molecule has 0 N–H and O–H groups in total. The lowest BCUT2D eigenvalue weighted by Gasteiger charge is -2.26. The van der Waals surface area contributed by atoms with Gasteiger partial charge in [-0.2, -0.15) is 0 Å². The second kappa shape index (κ2) is 4.80. The SMILES string of the molecule is CC(C)CN(c1cc(Br)nc(C2CC2)n1)C1CC1. The monoisotopic (exact) mass is 309 g/mol. The molecule has 98 valence electrons. The van der Waals surface area contributed by atoms with E-state index in [1.165, 1.54) is 25.7 Å². The Hall–Kier alpha value is -0.640. The molecule has 2 saturated carbocycles. The van der Waals surface area contributed by atoms with Crippen LogP contribution in [-0.2, 0) is 0 Å². The molecule has 2 aliphatic carbocycles. The molecule has 0 saturated heterocycles. The van der Waals surface area contributed by atoms with Crippen molar-refractivity contribution >= 4 is 21.7 Å². The number of halogens is 1. The van der Waals surface area contributed by atoms with Gasteiger partial charge in [0.1, 0.15) is 16.2 Å². The van der Waals surface area contributed by atoms with E-state index in [9.17, 15) is 0 Å². The first-order valence-electron chi connectivity index (χ1n) is 6.94. The molecule has 2 aliphatic rings. The third-order valence-corrected chi connectivity index (χ3v) is 3.89. The first-order valence-corrected chi connectivity index (χ1v) is 7.74. The van der Waals surface area contributed by atoms with Crippen LogP contribution >= 0.6 is 15.9 Å². The molecule has 0 radical (unpaired) electrons. The number of hydrogen-bond acceptors (Lipinski definition) is 3. The number of hydrogen-bond donors (Lipinski definition) is 0. The first-order chi connectivity index (χ1) is 8.63. The zero-order valence-corrected chi connectivity index (χ0v) is 12.7. The van der Waals surface area contributed by atoms with Gasteiger partial charge in [0.25, 0.3) is 0 Å². The second-order valence-electron chi connectivity index (χ2n) is 5.96. The van der Waals surface area contributed by atoms with Gasteiger partial charge in [0, 0.05) is 24.6 Å². The van der Waals surface area contributed by atoms with Crippen molar-refractivity contribution in [2.75, 3.05) is 11.4 Å². The van der Waals surface area contributed by atoms with Gasteiger partial charge in [-0.3, -0.25) is 0 Å². The summed E-state index contributed by atoms with van der Waals surface area (Å²) in [4.78, 5) is 11.8. The number of rotatable bonds is 5. The summed E-state index contributed by atoms with van der Waals surface area (Å²) in [6.07, 6.45) is 5.13. The van der Waals surface area contributed by atoms with Crippen LogP contribution in [0, 0.1) is 5.92 Å². The van der Waals surface area contributed by atoms with Crippen LogP contribution in [0.3, 0.4) is 0 Å². The van der Waals surface area contributed by atoms with E-state index < -0.39 is 0 Å². The van der Waals surface area contributed by atoms with E-state index in [2.05, 4.69) is 45.7 Å². The number of nitrogens with zero attached hydrogens (tertiary/aromatic N) is 3. The Balaban J connectivity index is 1.87. The lowest BCUT2D eigenvalue weighted by Crippen LogP contribution is -2.31. The molecule has 18 heavy (non-hydrogen) atoms. The molecule has 0 unspecified atom stereocenters. The molecular formula is C14H20BrN3. The van der Waals surface area contributed by atoms with Crippen LogP contribution < -0.4 is 4.90 Å². The summed E-state index contributed by atoms with van der Waals surface area (Å²) in [6.45, 7) is 5.64. The third kappa shape index (κ3) is 2.85. The van der Waals surface area contributed by atoms with Crippen molar-refractivity contribution in [2.45, 2.75) is 51.5 Å². The third-order valence-electron chi connectivity index (χ3n) is 3.48. The van der Waals surface area contributed by atoms with Crippen LogP contribution in [0.5, 0.6) is 0 Å². The summed E-state index contributed by atoms with van der Waals surface area (Å²) in [5.41, 5.74) is 0. The van der Waals surface area contributed by atoms with Crippen molar-refractivity contribution in [3.8, 4) is 0 Å². The van der Waals surface area contributed by atoms with Gasteiger partial charge in [-0.1, -0.05) is 13.8 Å². The second-order valence-corrected chi connectivity index (χ2v) is 6.77. The maximum Gasteiger partial charge on any atom is 0.135 e. The lowest BCUT2D eigenvalue weighted by molar-refractivity contribution is 0.600. The quantitative estimate of drug-likeness (QED) is 0.776. The smallest absolute Gasteiger partial charge is 0.135 e. The van der Waals surface area contributed by atoms with E-state index in [0.717, 1.165) is 22.8 Å². The summed E-state index contributed by atoms with van der Waals surface area (Å²) < 4.78 is 0.934. The fourth-order valence-electron chi connectivity index (χ4n) is 2.30. The molecule has 2 fully saturated rings. The highest BCUT2D eigenvalue weighted by Crippen LogP contribution is 2.40. The summed E-state index contributed by atoms with van der Waals surface area (Å²) in [6, 6.07) is 2.79. The van der Waals surface area contributed by atoms with Gasteiger partial charge in [-0.05, 0) is 47.5 Å². The molecule has 0 amide bonds. The fourth-order valence-corrected chi connectivity index (χ4v) is 2.69. The standard InChI is InChI=1S/C14H20BrN3/c1-9(2)8-18(11-5-6-11)13-7-12(15)16-14(17-13)10-3-4-10/h7,9-11H,3-6,8H2,1-2H3. The van der Waals surface area contributed by atoms with E-state index in [4.69, 9.17) is 4.98 Å². The van der Waals surface area contributed by atoms with Crippen molar-refractivity contribution in [3.63, 3.8) is 0 Å². The van der Waals surface area contributed by atoms with Crippen LogP contribution in [0.15, 0.2) is 10.7 Å². The van der Waals surface area contributed by atoms with E-state index in [0.29, 0.717) is 17.9 Å². The predicted octanol–water partition coefficient (Wildman–Crippen LogP) is 3.74. The Morgan fingerprint density at radius 3 is 2.56 bits per heavy atom. The highest BCUT2D eigenvalue weighted by atomic mass is 79.9. The van der Waals surface area contributed by atoms with E-state index in [-0.39, 0.29) is 0 Å². The average Bonchev–Trinajstić information content (AvgIpc) is 3.16. The summed E-state index contributed by atoms with van der Waals surface area (Å²) in [5, 5.41) is 0. The Bertz CT molecular complexity index is 439. The highest BCUT2D eigenvalue weighted by Gasteiger charge is 2.32. The molecule has 0 aromatic carbocycles. The van der Waals surface area contributed by atoms with Crippen LogP contribution in [0.2, 0.25) is 0 Å². The minimum absolute atomic E-state index is 0.612. The molecule has 3 nitrogen and oxygen atoms in total. The van der Waals surface area contributed by atoms with Gasteiger partial charge < -0.3 is 4.90 Å². The zero-order chi connectivity index (χ0) is 12.7. The normalized spacial score (nSPS) is 19.3. The predicted molar refractivity (Wildman–Crippen MR) is 76.9 cm³/mol. The average molecular weight is 310 g/mol. The summed E-state index contributed by atoms with van der Waals surface area (Å²) in [7, 11) is 0. The molecule has 1 aromatic rings. The summed E-state index contributed by atoms with van der Waals surface area (Å²) >= 11 is 3.54. The molecule has 1 aromatic heterocycles.